The topological polar surface area (TPSA) is 77.7 Å². The van der Waals surface area contributed by atoms with Gasteiger partial charge >= 0.3 is 0 Å². The van der Waals surface area contributed by atoms with Crippen LogP contribution in [0.25, 0.3) is 22.3 Å². The summed E-state index contributed by atoms with van der Waals surface area (Å²) in [5.74, 6) is 1.25. The van der Waals surface area contributed by atoms with E-state index in [1.54, 1.807) is 0 Å². The van der Waals surface area contributed by atoms with Crippen LogP contribution in [0.4, 0.5) is 0 Å². The number of benzene rings is 1. The van der Waals surface area contributed by atoms with Gasteiger partial charge in [0.15, 0.2) is 16.8 Å². The highest BCUT2D eigenvalue weighted by molar-refractivity contribution is 7.99. The molecule has 0 bridgehead atoms. The van der Waals surface area contributed by atoms with E-state index in [0.717, 1.165) is 70.4 Å². The van der Waals surface area contributed by atoms with Crippen molar-refractivity contribution in [3.05, 3.63) is 53.5 Å². The quantitative estimate of drug-likeness (QED) is 0.293. The molecule has 0 aliphatic carbocycles. The molecule has 1 aromatic carbocycles. The molecule has 1 aliphatic rings. The Morgan fingerprint density at radius 3 is 2.85 bits per heavy atom. The molecule has 5 rings (SSSR count). The van der Waals surface area contributed by atoms with Crippen LogP contribution < -0.4 is 0 Å². The van der Waals surface area contributed by atoms with Crippen molar-refractivity contribution in [3.8, 4) is 11.4 Å². The Hall–Kier alpha value is -2.84. The molecule has 1 saturated heterocycles. The predicted molar refractivity (Wildman–Crippen MR) is 131 cm³/mol. The van der Waals surface area contributed by atoms with Gasteiger partial charge in [-0.15, -0.1) is 10.2 Å². The summed E-state index contributed by atoms with van der Waals surface area (Å²) in [5, 5.41) is 10.9. The van der Waals surface area contributed by atoms with Crippen molar-refractivity contribution >= 4 is 28.4 Å². The third-order valence-electron chi connectivity index (χ3n) is 6.48. The first kappa shape index (κ1) is 22.0. The molecule has 8 heteroatoms. The maximum atomic E-state index is 13.1. The Morgan fingerprint density at radius 1 is 1.24 bits per heavy atom. The van der Waals surface area contributed by atoms with E-state index in [0.29, 0.717) is 12.3 Å². The van der Waals surface area contributed by atoms with Gasteiger partial charge in [-0.1, -0.05) is 30.0 Å². The second-order valence-electron chi connectivity index (χ2n) is 8.54. The number of carbonyl (C=O) groups excluding carboxylic acids is 1. The maximum absolute atomic E-state index is 13.1. The third-order valence-corrected chi connectivity index (χ3v) is 7.45. The van der Waals surface area contributed by atoms with Crippen LogP contribution in [0.5, 0.6) is 0 Å². The fourth-order valence-corrected chi connectivity index (χ4v) is 5.62. The summed E-state index contributed by atoms with van der Waals surface area (Å²) in [6.45, 7) is 8.51. The summed E-state index contributed by atoms with van der Waals surface area (Å²) in [4.78, 5) is 16.4. The molecule has 7 nitrogen and oxygen atoms in total. The van der Waals surface area contributed by atoms with Gasteiger partial charge in [0.1, 0.15) is 0 Å². The van der Waals surface area contributed by atoms with Crippen LogP contribution in [-0.2, 0) is 17.8 Å². The number of hydrogen-bond donors (Lipinski definition) is 1. The van der Waals surface area contributed by atoms with E-state index in [-0.39, 0.29) is 11.9 Å². The highest BCUT2D eigenvalue weighted by Gasteiger charge is 2.24. The van der Waals surface area contributed by atoms with Crippen LogP contribution in [0.15, 0.2) is 41.7 Å². The van der Waals surface area contributed by atoms with Crippen LogP contribution in [0.2, 0.25) is 0 Å². The van der Waals surface area contributed by atoms with Crippen LogP contribution in [0.1, 0.15) is 41.5 Å². The average molecular weight is 464 g/mol. The number of carbonyl (C=O) groups is 1. The fraction of sp³-hybridized carbons (Fsp3) is 0.400. The van der Waals surface area contributed by atoms with Crippen molar-refractivity contribution in [1.29, 1.82) is 0 Å². The first-order valence-corrected chi connectivity index (χ1v) is 12.5. The van der Waals surface area contributed by atoms with Crippen molar-refractivity contribution in [2.45, 2.75) is 58.0 Å². The van der Waals surface area contributed by atoms with Crippen molar-refractivity contribution in [2.75, 3.05) is 12.4 Å². The number of nitrogens with one attached hydrogen (secondary N) is 1. The van der Waals surface area contributed by atoms with E-state index in [4.69, 9.17) is 4.74 Å². The molecule has 33 heavy (non-hydrogen) atoms. The molecule has 0 saturated carbocycles. The fourth-order valence-electron chi connectivity index (χ4n) is 4.79. The minimum absolute atomic E-state index is 0.119. The van der Waals surface area contributed by atoms with Gasteiger partial charge in [-0.3, -0.25) is 9.36 Å². The first-order valence-electron chi connectivity index (χ1n) is 11.5. The molecule has 3 aromatic heterocycles. The monoisotopic (exact) mass is 463 g/mol. The van der Waals surface area contributed by atoms with Gasteiger partial charge in [0.25, 0.3) is 0 Å². The number of nitrogens with zero attached hydrogens (tertiary/aromatic N) is 4. The predicted octanol–water partition coefficient (Wildman–Crippen LogP) is 5.02. The van der Waals surface area contributed by atoms with Crippen LogP contribution in [-0.4, -0.2) is 48.6 Å². The van der Waals surface area contributed by atoms with E-state index < -0.39 is 0 Å². The molecule has 4 heterocycles. The number of ketones is 1. The summed E-state index contributed by atoms with van der Waals surface area (Å²) in [5.41, 5.74) is 5.02. The Labute approximate surface area is 197 Å². The van der Waals surface area contributed by atoms with Gasteiger partial charge in [-0.25, -0.2) is 0 Å². The Bertz CT molecular complexity index is 1300. The molecule has 0 radical (unpaired) electrons. The molecule has 1 fully saturated rings. The molecule has 0 amide bonds. The zero-order chi connectivity index (χ0) is 22.9. The van der Waals surface area contributed by atoms with Crippen molar-refractivity contribution in [1.82, 2.24) is 24.3 Å². The largest absolute Gasteiger partial charge is 0.376 e. The Morgan fingerprint density at radius 2 is 2.09 bits per heavy atom. The second-order valence-corrected chi connectivity index (χ2v) is 9.48. The average Bonchev–Trinajstić information content (AvgIpc) is 3.60. The van der Waals surface area contributed by atoms with Gasteiger partial charge in [0.05, 0.1) is 18.4 Å². The highest BCUT2D eigenvalue weighted by atomic mass is 32.2. The van der Waals surface area contributed by atoms with E-state index in [9.17, 15) is 4.79 Å². The zero-order valence-corrected chi connectivity index (χ0v) is 20.1. The van der Waals surface area contributed by atoms with Crippen LogP contribution in [0, 0.1) is 13.8 Å². The maximum Gasteiger partial charge on any atom is 0.192 e. The Balaban J connectivity index is 1.44. The van der Waals surface area contributed by atoms with Crippen molar-refractivity contribution < 1.29 is 9.53 Å². The molecule has 1 atom stereocenters. The standard InChI is InChI=1S/C25H29N5O2S/c1-4-29-16(2)12-20(17(29)3)23(31)15-33-25-28-27-24(30(25)14-18-8-7-11-32-18)21-13-26-22-10-6-5-9-19(21)22/h5-6,9-10,12-13,18,26H,4,7-8,11,14-15H2,1-3H3. The smallest absolute Gasteiger partial charge is 0.192 e. The first-order chi connectivity index (χ1) is 16.1. The number of Topliss-reactive ketones (excluding diaryl/α,β-unsaturated/α-hetero) is 1. The van der Waals surface area contributed by atoms with E-state index >= 15 is 0 Å². The summed E-state index contributed by atoms with van der Waals surface area (Å²) >= 11 is 1.45. The van der Waals surface area contributed by atoms with Crippen molar-refractivity contribution in [3.63, 3.8) is 0 Å². The van der Waals surface area contributed by atoms with Crippen LogP contribution >= 0.6 is 11.8 Å². The lowest BCUT2D eigenvalue weighted by Crippen LogP contribution is -2.17. The summed E-state index contributed by atoms with van der Waals surface area (Å²) in [7, 11) is 0. The summed E-state index contributed by atoms with van der Waals surface area (Å²) in [6, 6.07) is 10.2. The van der Waals surface area contributed by atoms with E-state index in [1.807, 2.05) is 38.2 Å². The number of para-hydroxylation sites is 1. The van der Waals surface area contributed by atoms with Crippen molar-refractivity contribution in [2.24, 2.45) is 0 Å². The SMILES string of the molecule is CCn1c(C)cc(C(=O)CSc2nnc(-c3c[nH]c4ccccc34)n2CC2CCCO2)c1C. The molecule has 1 unspecified atom stereocenters. The number of H-pyrrole nitrogens is 1. The summed E-state index contributed by atoms with van der Waals surface area (Å²) in [6.07, 6.45) is 4.23. The third kappa shape index (κ3) is 4.13. The lowest BCUT2D eigenvalue weighted by Gasteiger charge is -2.14. The molecule has 4 aromatic rings. The van der Waals surface area contributed by atoms with Crippen LogP contribution in [0.3, 0.4) is 0 Å². The number of aryl methyl sites for hydroxylation is 1. The molecular formula is C25H29N5O2S. The normalized spacial score (nSPS) is 16.2. The number of thioether (sulfide) groups is 1. The highest BCUT2D eigenvalue weighted by Crippen LogP contribution is 2.31. The number of hydrogen-bond acceptors (Lipinski definition) is 5. The minimum Gasteiger partial charge on any atom is -0.376 e. The number of fused-ring (bicyclic) bond motifs is 1. The van der Waals surface area contributed by atoms with Gasteiger partial charge in [-0.2, -0.15) is 0 Å². The number of ether oxygens (including phenoxy) is 1. The Kier molecular flexibility index (Phi) is 6.12. The number of aromatic nitrogens is 5. The number of rotatable bonds is 8. The van der Waals surface area contributed by atoms with Gasteiger partial charge < -0.3 is 14.3 Å². The lowest BCUT2D eigenvalue weighted by atomic mass is 10.1. The minimum atomic E-state index is 0.119. The van der Waals surface area contributed by atoms with Gasteiger partial charge in [0, 0.05) is 52.8 Å². The summed E-state index contributed by atoms with van der Waals surface area (Å²) < 4.78 is 10.2. The van der Waals surface area contributed by atoms with Gasteiger partial charge in [-0.05, 0) is 45.7 Å². The lowest BCUT2D eigenvalue weighted by molar-refractivity contribution is 0.0953. The van der Waals surface area contributed by atoms with E-state index in [1.165, 1.54) is 11.8 Å². The molecule has 0 spiro atoms. The second kappa shape index (κ2) is 9.19. The molecule has 1 N–H and O–H groups in total. The van der Waals surface area contributed by atoms with E-state index in [2.05, 4.69) is 43.4 Å². The van der Waals surface area contributed by atoms with Gasteiger partial charge in [0.2, 0.25) is 0 Å². The molecule has 1 aliphatic heterocycles. The zero-order valence-electron chi connectivity index (χ0n) is 19.3. The number of aromatic amines is 1. The molecule has 172 valence electrons. The molecular weight excluding hydrogens is 434 g/mol.